The number of nitrogens with one attached hydrogen (secondary N) is 1. The molecule has 0 aliphatic carbocycles. The molecule has 1 unspecified atom stereocenters. The molecular weight excluding hydrogens is 244 g/mol. The minimum Gasteiger partial charge on any atom is -0.350 e. The minimum absolute atomic E-state index is 0.489. The Kier molecular flexibility index (Phi) is 5.42. The van der Waals surface area contributed by atoms with Crippen molar-refractivity contribution in [3.8, 4) is 0 Å². The summed E-state index contributed by atoms with van der Waals surface area (Å²) in [7, 11) is 0. The Hall–Kier alpha value is -1.54. The van der Waals surface area contributed by atoms with Crippen LogP contribution >= 0.6 is 0 Å². The van der Waals surface area contributed by atoms with Crippen LogP contribution in [0.25, 0.3) is 0 Å². The summed E-state index contributed by atoms with van der Waals surface area (Å²) < 4.78 is 2.29. The SMILES string of the molecule is CCCC(NCC)c1ccn(Cc2ccccc2C)c1. The quantitative estimate of drug-likeness (QED) is 0.794. The van der Waals surface area contributed by atoms with E-state index in [2.05, 4.69) is 73.4 Å². The Morgan fingerprint density at radius 2 is 1.95 bits per heavy atom. The largest absolute Gasteiger partial charge is 0.350 e. The van der Waals surface area contributed by atoms with Crippen LogP contribution in [-0.2, 0) is 6.54 Å². The predicted molar refractivity (Wildman–Crippen MR) is 86.0 cm³/mol. The van der Waals surface area contributed by atoms with Gasteiger partial charge >= 0.3 is 0 Å². The van der Waals surface area contributed by atoms with Crippen molar-refractivity contribution in [1.82, 2.24) is 9.88 Å². The zero-order chi connectivity index (χ0) is 14.4. The molecule has 2 nitrogen and oxygen atoms in total. The van der Waals surface area contributed by atoms with Gasteiger partial charge in [-0.05, 0) is 42.6 Å². The van der Waals surface area contributed by atoms with E-state index in [1.807, 2.05) is 0 Å². The van der Waals surface area contributed by atoms with E-state index in [1.165, 1.54) is 29.5 Å². The van der Waals surface area contributed by atoms with Gasteiger partial charge in [-0.1, -0.05) is 44.5 Å². The number of hydrogen-bond donors (Lipinski definition) is 1. The van der Waals surface area contributed by atoms with Crippen molar-refractivity contribution in [2.24, 2.45) is 0 Å². The van der Waals surface area contributed by atoms with Crippen LogP contribution in [0.2, 0.25) is 0 Å². The molecule has 0 aliphatic heterocycles. The van der Waals surface area contributed by atoms with E-state index in [4.69, 9.17) is 0 Å². The van der Waals surface area contributed by atoms with Gasteiger partial charge < -0.3 is 9.88 Å². The second-order valence-corrected chi connectivity index (χ2v) is 5.44. The van der Waals surface area contributed by atoms with E-state index < -0.39 is 0 Å². The second-order valence-electron chi connectivity index (χ2n) is 5.44. The summed E-state index contributed by atoms with van der Waals surface area (Å²) in [4.78, 5) is 0. The fourth-order valence-electron chi connectivity index (χ4n) is 2.67. The molecule has 1 aromatic carbocycles. The van der Waals surface area contributed by atoms with Crippen LogP contribution in [-0.4, -0.2) is 11.1 Å². The van der Waals surface area contributed by atoms with E-state index in [0.29, 0.717) is 6.04 Å². The van der Waals surface area contributed by atoms with E-state index >= 15 is 0 Å². The summed E-state index contributed by atoms with van der Waals surface area (Å²) in [5.41, 5.74) is 4.16. The molecule has 20 heavy (non-hydrogen) atoms. The summed E-state index contributed by atoms with van der Waals surface area (Å²) >= 11 is 0. The van der Waals surface area contributed by atoms with Crippen LogP contribution in [0.3, 0.4) is 0 Å². The van der Waals surface area contributed by atoms with Gasteiger partial charge in [0, 0.05) is 25.0 Å². The first-order chi connectivity index (χ1) is 9.74. The van der Waals surface area contributed by atoms with Gasteiger partial charge in [0.05, 0.1) is 0 Å². The molecule has 0 bridgehead atoms. The summed E-state index contributed by atoms with van der Waals surface area (Å²) in [6.45, 7) is 8.57. The van der Waals surface area contributed by atoms with Gasteiger partial charge in [-0.25, -0.2) is 0 Å². The normalized spacial score (nSPS) is 12.6. The fraction of sp³-hybridized carbons (Fsp3) is 0.444. The highest BCUT2D eigenvalue weighted by atomic mass is 15.0. The van der Waals surface area contributed by atoms with Crippen molar-refractivity contribution in [2.45, 2.75) is 46.2 Å². The molecule has 108 valence electrons. The lowest BCUT2D eigenvalue weighted by Crippen LogP contribution is -2.20. The highest BCUT2D eigenvalue weighted by Gasteiger charge is 2.10. The van der Waals surface area contributed by atoms with Gasteiger partial charge in [-0.2, -0.15) is 0 Å². The van der Waals surface area contributed by atoms with E-state index in [9.17, 15) is 0 Å². The van der Waals surface area contributed by atoms with Gasteiger partial charge in [0.2, 0.25) is 0 Å². The van der Waals surface area contributed by atoms with Gasteiger partial charge in [0.15, 0.2) is 0 Å². The van der Waals surface area contributed by atoms with Gasteiger partial charge in [-0.15, -0.1) is 0 Å². The van der Waals surface area contributed by atoms with Crippen molar-refractivity contribution < 1.29 is 0 Å². The lowest BCUT2D eigenvalue weighted by molar-refractivity contribution is 0.508. The molecule has 2 rings (SSSR count). The number of rotatable bonds is 7. The second kappa shape index (κ2) is 7.30. The predicted octanol–water partition coefficient (Wildman–Crippen LogP) is 4.30. The molecule has 0 fully saturated rings. The average molecular weight is 270 g/mol. The Labute approximate surface area is 122 Å². The lowest BCUT2D eigenvalue weighted by atomic mass is 10.1. The summed E-state index contributed by atoms with van der Waals surface area (Å²) in [5, 5.41) is 3.58. The molecule has 2 aromatic rings. The molecule has 0 radical (unpaired) electrons. The highest BCUT2D eigenvalue weighted by molar-refractivity contribution is 5.26. The Bertz CT molecular complexity index is 522. The maximum Gasteiger partial charge on any atom is 0.0472 e. The third-order valence-electron chi connectivity index (χ3n) is 3.82. The van der Waals surface area contributed by atoms with E-state index in [1.54, 1.807) is 0 Å². The number of aromatic nitrogens is 1. The number of benzene rings is 1. The van der Waals surface area contributed by atoms with Crippen molar-refractivity contribution in [3.05, 3.63) is 59.4 Å². The first-order valence-electron chi connectivity index (χ1n) is 7.68. The zero-order valence-electron chi connectivity index (χ0n) is 12.9. The first kappa shape index (κ1) is 14.9. The molecule has 2 heteroatoms. The smallest absolute Gasteiger partial charge is 0.0472 e. The van der Waals surface area contributed by atoms with Crippen molar-refractivity contribution in [2.75, 3.05) is 6.54 Å². The Morgan fingerprint density at radius 3 is 2.65 bits per heavy atom. The van der Waals surface area contributed by atoms with E-state index in [0.717, 1.165) is 13.1 Å². The molecule has 1 aromatic heterocycles. The maximum absolute atomic E-state index is 3.58. The summed E-state index contributed by atoms with van der Waals surface area (Å²) in [6.07, 6.45) is 6.89. The standard InChI is InChI=1S/C18H26N2/c1-4-8-18(19-5-2)17-11-12-20(14-17)13-16-10-7-6-9-15(16)3/h6-7,9-12,14,18-19H,4-5,8,13H2,1-3H3. The topological polar surface area (TPSA) is 17.0 Å². The molecular formula is C18H26N2. The van der Waals surface area contributed by atoms with Crippen LogP contribution in [0.5, 0.6) is 0 Å². The Morgan fingerprint density at radius 1 is 1.15 bits per heavy atom. The molecule has 1 heterocycles. The maximum atomic E-state index is 3.58. The van der Waals surface area contributed by atoms with Crippen LogP contribution < -0.4 is 5.32 Å². The monoisotopic (exact) mass is 270 g/mol. The van der Waals surface area contributed by atoms with Crippen LogP contribution in [0.4, 0.5) is 0 Å². The minimum atomic E-state index is 0.489. The van der Waals surface area contributed by atoms with Crippen molar-refractivity contribution in [1.29, 1.82) is 0 Å². The number of aryl methyl sites for hydroxylation is 1. The average Bonchev–Trinajstić information content (AvgIpc) is 2.90. The third kappa shape index (κ3) is 3.73. The first-order valence-corrected chi connectivity index (χ1v) is 7.68. The van der Waals surface area contributed by atoms with Gasteiger partial charge in [0.25, 0.3) is 0 Å². The zero-order valence-corrected chi connectivity index (χ0v) is 12.9. The molecule has 1 N–H and O–H groups in total. The van der Waals surface area contributed by atoms with Crippen LogP contribution in [0.15, 0.2) is 42.7 Å². The highest BCUT2D eigenvalue weighted by Crippen LogP contribution is 2.19. The van der Waals surface area contributed by atoms with Crippen molar-refractivity contribution >= 4 is 0 Å². The fourth-order valence-corrected chi connectivity index (χ4v) is 2.67. The van der Waals surface area contributed by atoms with Crippen molar-refractivity contribution in [3.63, 3.8) is 0 Å². The lowest BCUT2D eigenvalue weighted by Gasteiger charge is -2.15. The molecule has 0 aliphatic rings. The molecule has 1 atom stereocenters. The van der Waals surface area contributed by atoms with Crippen LogP contribution in [0, 0.1) is 6.92 Å². The van der Waals surface area contributed by atoms with Crippen LogP contribution in [0.1, 0.15) is 49.4 Å². The summed E-state index contributed by atoms with van der Waals surface area (Å²) in [5.74, 6) is 0. The number of hydrogen-bond acceptors (Lipinski definition) is 1. The molecule has 0 amide bonds. The van der Waals surface area contributed by atoms with Gasteiger partial charge in [0.1, 0.15) is 0 Å². The Balaban J connectivity index is 2.10. The summed E-state index contributed by atoms with van der Waals surface area (Å²) in [6, 6.07) is 11.3. The third-order valence-corrected chi connectivity index (χ3v) is 3.82. The molecule has 0 spiro atoms. The molecule has 0 saturated carbocycles. The van der Waals surface area contributed by atoms with E-state index in [-0.39, 0.29) is 0 Å². The number of nitrogens with zero attached hydrogens (tertiary/aromatic N) is 1. The van der Waals surface area contributed by atoms with Gasteiger partial charge in [-0.3, -0.25) is 0 Å². The molecule has 0 saturated heterocycles.